The largest absolute Gasteiger partial charge is 0.406 e. The maximum Gasteiger partial charge on any atom is 0.273 e. The van der Waals surface area contributed by atoms with Crippen molar-refractivity contribution in [3.05, 3.63) is 0 Å². The second kappa shape index (κ2) is 5.28. The lowest BCUT2D eigenvalue weighted by molar-refractivity contribution is 0.334. The Morgan fingerprint density at radius 2 is 1.79 bits per heavy atom. The summed E-state index contributed by atoms with van der Waals surface area (Å²) in [5, 5.41) is 0.250. The Kier molecular flexibility index (Phi) is 5.34. The fourth-order valence-electron chi connectivity index (χ4n) is 1.86. The van der Waals surface area contributed by atoms with Gasteiger partial charge < -0.3 is 9.41 Å². The van der Waals surface area contributed by atoms with Gasteiger partial charge in [0.1, 0.15) is 0 Å². The molecule has 1 N–H and O–H groups in total. The van der Waals surface area contributed by atoms with Gasteiger partial charge in [-0.25, -0.2) is 0 Å². The predicted octanol–water partition coefficient (Wildman–Crippen LogP) is 3.28. The Bertz CT molecular complexity index is 161. The lowest BCUT2D eigenvalue weighted by Gasteiger charge is -2.42. The van der Waals surface area contributed by atoms with Gasteiger partial charge in [0.25, 0.3) is 8.48 Å². The van der Waals surface area contributed by atoms with Crippen molar-refractivity contribution in [3.8, 4) is 0 Å². The Morgan fingerprint density at radius 3 is 2.00 bits per heavy atom. The molecule has 0 aliphatic heterocycles. The van der Waals surface area contributed by atoms with Crippen molar-refractivity contribution in [3.63, 3.8) is 0 Å². The van der Waals surface area contributed by atoms with E-state index in [9.17, 15) is 0 Å². The van der Waals surface area contributed by atoms with Crippen molar-refractivity contribution in [2.45, 2.75) is 65.1 Å². The molecular weight excluding hydrogens is 190 g/mol. The lowest BCUT2D eigenvalue weighted by Crippen LogP contribution is -2.61. The van der Waals surface area contributed by atoms with E-state index in [0.29, 0.717) is 6.04 Å². The van der Waals surface area contributed by atoms with E-state index in [1.54, 1.807) is 0 Å². The standard InChI is InChI=1S/C11H27NOSi/c1-8-10(3)12-14(9-2,13-7)11(4,5)6/h10,12H,8-9H2,1-7H3. The van der Waals surface area contributed by atoms with Gasteiger partial charge in [-0.1, -0.05) is 41.5 Å². The fourth-order valence-corrected chi connectivity index (χ4v) is 5.58. The molecule has 0 bridgehead atoms. The van der Waals surface area contributed by atoms with E-state index in [4.69, 9.17) is 4.43 Å². The van der Waals surface area contributed by atoms with Crippen LogP contribution in [0.4, 0.5) is 0 Å². The van der Waals surface area contributed by atoms with E-state index in [0.717, 1.165) is 12.5 Å². The fraction of sp³-hybridized carbons (Fsp3) is 1.00. The number of hydrogen-bond acceptors (Lipinski definition) is 2. The lowest BCUT2D eigenvalue weighted by atomic mass is 10.2. The van der Waals surface area contributed by atoms with E-state index in [2.05, 4.69) is 46.5 Å². The van der Waals surface area contributed by atoms with Crippen LogP contribution in [0.15, 0.2) is 0 Å². The van der Waals surface area contributed by atoms with E-state index in [1.165, 1.54) is 0 Å². The average molecular weight is 217 g/mol. The summed E-state index contributed by atoms with van der Waals surface area (Å²) in [4.78, 5) is 3.74. The van der Waals surface area contributed by atoms with Crippen LogP contribution in [0.5, 0.6) is 0 Å². The topological polar surface area (TPSA) is 21.3 Å². The van der Waals surface area contributed by atoms with Crippen LogP contribution in [0.3, 0.4) is 0 Å². The summed E-state index contributed by atoms with van der Waals surface area (Å²) in [6.07, 6.45) is 1.16. The quantitative estimate of drug-likeness (QED) is 0.714. The first-order valence-corrected chi connectivity index (χ1v) is 7.77. The molecule has 2 atom stereocenters. The summed E-state index contributed by atoms with van der Waals surface area (Å²) < 4.78 is 5.85. The molecule has 0 saturated carbocycles. The average Bonchev–Trinajstić information content (AvgIpc) is 2.11. The molecule has 0 fully saturated rings. The zero-order valence-electron chi connectivity index (χ0n) is 10.9. The van der Waals surface area contributed by atoms with Crippen LogP contribution >= 0.6 is 0 Å². The molecule has 0 aliphatic carbocycles. The van der Waals surface area contributed by atoms with E-state index < -0.39 is 8.48 Å². The number of nitrogens with one attached hydrogen (secondary N) is 1. The minimum Gasteiger partial charge on any atom is -0.406 e. The van der Waals surface area contributed by atoms with Gasteiger partial charge in [0.2, 0.25) is 0 Å². The molecule has 0 aromatic heterocycles. The van der Waals surface area contributed by atoms with E-state index >= 15 is 0 Å². The first-order valence-electron chi connectivity index (χ1n) is 5.65. The molecule has 0 radical (unpaired) electrons. The SMILES string of the molecule is CCC(C)N[Si](CC)(OC)C(C)(C)C. The summed E-state index contributed by atoms with van der Waals surface area (Å²) in [7, 11) is 0.0784. The Morgan fingerprint density at radius 1 is 1.29 bits per heavy atom. The maximum absolute atomic E-state index is 5.85. The van der Waals surface area contributed by atoms with Crippen LogP contribution < -0.4 is 4.98 Å². The van der Waals surface area contributed by atoms with E-state index in [-0.39, 0.29) is 5.04 Å². The molecule has 2 unspecified atom stereocenters. The Hall–Kier alpha value is 0.137. The summed E-state index contributed by atoms with van der Waals surface area (Å²) in [6, 6.07) is 1.68. The van der Waals surface area contributed by atoms with Crippen molar-refractivity contribution < 1.29 is 4.43 Å². The third-order valence-electron chi connectivity index (χ3n) is 3.15. The smallest absolute Gasteiger partial charge is 0.273 e. The second-order valence-electron chi connectivity index (χ2n) is 5.09. The predicted molar refractivity (Wildman–Crippen MR) is 65.8 cm³/mol. The van der Waals surface area contributed by atoms with Crippen LogP contribution in [0.1, 0.15) is 48.0 Å². The van der Waals surface area contributed by atoms with Crippen LogP contribution in [-0.4, -0.2) is 21.6 Å². The van der Waals surface area contributed by atoms with Gasteiger partial charge in [-0.05, 0) is 23.5 Å². The van der Waals surface area contributed by atoms with Gasteiger partial charge in [0.15, 0.2) is 0 Å². The second-order valence-corrected chi connectivity index (χ2v) is 9.65. The summed E-state index contributed by atoms with van der Waals surface area (Å²) in [5.74, 6) is 0. The van der Waals surface area contributed by atoms with Gasteiger partial charge in [0.05, 0.1) is 0 Å². The molecule has 86 valence electrons. The van der Waals surface area contributed by atoms with Crippen molar-refractivity contribution in [1.29, 1.82) is 0 Å². The molecule has 3 heteroatoms. The molecule has 0 aromatic carbocycles. The highest BCUT2D eigenvalue weighted by Crippen LogP contribution is 2.37. The van der Waals surface area contributed by atoms with Crippen molar-refractivity contribution >= 4 is 8.48 Å². The monoisotopic (exact) mass is 217 g/mol. The molecular formula is C11H27NOSi. The molecule has 0 amide bonds. The highest BCUT2D eigenvalue weighted by Gasteiger charge is 2.45. The third-order valence-corrected chi connectivity index (χ3v) is 8.22. The normalized spacial score (nSPS) is 19.1. The molecule has 0 heterocycles. The van der Waals surface area contributed by atoms with Gasteiger partial charge >= 0.3 is 0 Å². The van der Waals surface area contributed by atoms with Gasteiger partial charge in [0, 0.05) is 7.11 Å². The molecule has 14 heavy (non-hydrogen) atoms. The van der Waals surface area contributed by atoms with Crippen LogP contribution in [-0.2, 0) is 4.43 Å². The van der Waals surface area contributed by atoms with Gasteiger partial charge in [-0.3, -0.25) is 0 Å². The number of rotatable bonds is 5. The zero-order chi connectivity index (χ0) is 11.4. The van der Waals surface area contributed by atoms with E-state index in [1.807, 2.05) is 7.11 Å². The van der Waals surface area contributed by atoms with Gasteiger partial charge in [-0.15, -0.1) is 0 Å². The third kappa shape index (κ3) is 3.07. The molecule has 0 spiro atoms. The first kappa shape index (κ1) is 14.1. The van der Waals surface area contributed by atoms with Crippen LogP contribution in [0.25, 0.3) is 0 Å². The highest BCUT2D eigenvalue weighted by molar-refractivity contribution is 6.74. The van der Waals surface area contributed by atoms with Crippen molar-refractivity contribution in [2.24, 2.45) is 0 Å². The summed E-state index contributed by atoms with van der Waals surface area (Å²) in [5.41, 5.74) is 0. The molecule has 2 nitrogen and oxygen atoms in total. The Balaban J connectivity index is 4.71. The highest BCUT2D eigenvalue weighted by atomic mass is 28.4. The van der Waals surface area contributed by atoms with Gasteiger partial charge in [-0.2, -0.15) is 0 Å². The molecule has 0 aliphatic rings. The minimum absolute atomic E-state index is 0.250. The first-order chi connectivity index (χ1) is 6.33. The molecule has 0 rings (SSSR count). The van der Waals surface area contributed by atoms with Crippen molar-refractivity contribution in [2.75, 3.05) is 7.11 Å². The van der Waals surface area contributed by atoms with Crippen LogP contribution in [0.2, 0.25) is 11.1 Å². The van der Waals surface area contributed by atoms with Crippen molar-refractivity contribution in [1.82, 2.24) is 4.98 Å². The Labute approximate surface area is 90.6 Å². The molecule has 0 aromatic rings. The minimum atomic E-state index is -1.78. The summed E-state index contributed by atoms with van der Waals surface area (Å²) >= 11 is 0. The maximum atomic E-state index is 5.85. The number of hydrogen-bond donors (Lipinski definition) is 1. The zero-order valence-corrected chi connectivity index (χ0v) is 11.9. The van der Waals surface area contributed by atoms with Crippen LogP contribution in [0, 0.1) is 0 Å². The summed E-state index contributed by atoms with van der Waals surface area (Å²) in [6.45, 7) is 13.5. The molecule has 0 saturated heterocycles.